The summed E-state index contributed by atoms with van der Waals surface area (Å²) in [4.78, 5) is 38.3. The number of hydrogen-bond donors (Lipinski definition) is 2. The lowest BCUT2D eigenvalue weighted by molar-refractivity contribution is -0.127. The summed E-state index contributed by atoms with van der Waals surface area (Å²) in [5, 5.41) is 5.20. The SMILES string of the molecule is CCOc1cc2c(cc1C=C1NC(=O)N(CC(=O)Nc3cccc(C)c3)C1=O)OCO2. The summed E-state index contributed by atoms with van der Waals surface area (Å²) in [5.41, 5.74) is 2.15. The van der Waals surface area contributed by atoms with Crippen molar-refractivity contribution in [3.63, 3.8) is 0 Å². The number of carbonyl (C=O) groups excluding carboxylic acids is 3. The first-order valence-electron chi connectivity index (χ1n) is 9.72. The third kappa shape index (κ3) is 4.30. The van der Waals surface area contributed by atoms with Crippen LogP contribution < -0.4 is 24.8 Å². The van der Waals surface area contributed by atoms with Crippen LogP contribution in [0.25, 0.3) is 6.08 Å². The quantitative estimate of drug-likeness (QED) is 0.547. The lowest BCUT2D eigenvalue weighted by Crippen LogP contribution is -2.38. The van der Waals surface area contributed by atoms with Gasteiger partial charge in [0.2, 0.25) is 12.7 Å². The summed E-state index contributed by atoms with van der Waals surface area (Å²) < 4.78 is 16.4. The average Bonchev–Trinajstić information content (AvgIpc) is 3.28. The normalized spacial score (nSPS) is 15.9. The molecule has 4 amide bonds. The van der Waals surface area contributed by atoms with Gasteiger partial charge in [0.1, 0.15) is 18.0 Å². The summed E-state index contributed by atoms with van der Waals surface area (Å²) in [5.74, 6) is 0.457. The zero-order valence-corrected chi connectivity index (χ0v) is 17.1. The lowest BCUT2D eigenvalue weighted by atomic mass is 10.1. The van der Waals surface area contributed by atoms with Gasteiger partial charge >= 0.3 is 6.03 Å². The highest BCUT2D eigenvalue weighted by atomic mass is 16.7. The summed E-state index contributed by atoms with van der Waals surface area (Å²) in [6, 6.07) is 9.91. The molecule has 2 aromatic carbocycles. The van der Waals surface area contributed by atoms with Gasteiger partial charge in [-0.2, -0.15) is 0 Å². The molecule has 0 spiro atoms. The van der Waals surface area contributed by atoms with Crippen LogP contribution in [0, 0.1) is 6.92 Å². The molecule has 2 N–H and O–H groups in total. The fourth-order valence-electron chi connectivity index (χ4n) is 3.27. The van der Waals surface area contributed by atoms with Crippen LogP contribution in [-0.4, -0.2) is 42.7 Å². The summed E-state index contributed by atoms with van der Waals surface area (Å²) >= 11 is 0. The molecule has 0 bridgehead atoms. The molecule has 0 unspecified atom stereocenters. The second-order valence-corrected chi connectivity index (χ2v) is 6.97. The first kappa shape index (κ1) is 20.3. The Morgan fingerprint density at radius 3 is 2.74 bits per heavy atom. The molecule has 1 fully saturated rings. The Balaban J connectivity index is 1.52. The van der Waals surface area contributed by atoms with Gasteiger partial charge < -0.3 is 24.8 Å². The third-order valence-corrected chi connectivity index (χ3v) is 4.67. The van der Waals surface area contributed by atoms with Crippen LogP contribution in [0.1, 0.15) is 18.1 Å². The van der Waals surface area contributed by atoms with E-state index in [0.717, 1.165) is 10.5 Å². The van der Waals surface area contributed by atoms with Crippen LogP contribution >= 0.6 is 0 Å². The van der Waals surface area contributed by atoms with Crippen molar-refractivity contribution in [3.05, 3.63) is 53.2 Å². The molecular weight excluding hydrogens is 402 g/mol. The van der Waals surface area contributed by atoms with Gasteiger partial charge in [0, 0.05) is 17.3 Å². The Morgan fingerprint density at radius 1 is 1.23 bits per heavy atom. The molecule has 0 saturated carbocycles. The second kappa shape index (κ2) is 8.39. The minimum absolute atomic E-state index is 0.0353. The number of ether oxygens (including phenoxy) is 3. The Labute approximate surface area is 178 Å². The molecule has 9 heteroatoms. The number of urea groups is 1. The number of aryl methyl sites for hydroxylation is 1. The van der Waals surface area contributed by atoms with E-state index in [2.05, 4.69) is 10.6 Å². The number of rotatable bonds is 6. The maximum Gasteiger partial charge on any atom is 0.329 e. The predicted molar refractivity (Wildman–Crippen MR) is 112 cm³/mol. The van der Waals surface area contributed by atoms with Crippen molar-refractivity contribution in [2.24, 2.45) is 0 Å². The molecule has 2 heterocycles. The van der Waals surface area contributed by atoms with Crippen LogP contribution in [0.2, 0.25) is 0 Å². The maximum atomic E-state index is 12.8. The molecule has 0 aromatic heterocycles. The van der Waals surface area contributed by atoms with Gasteiger partial charge in [-0.3, -0.25) is 9.59 Å². The van der Waals surface area contributed by atoms with Gasteiger partial charge in [0.05, 0.1) is 6.61 Å². The number of nitrogens with zero attached hydrogens (tertiary/aromatic N) is 1. The van der Waals surface area contributed by atoms with E-state index in [4.69, 9.17) is 14.2 Å². The zero-order chi connectivity index (χ0) is 22.0. The first-order chi connectivity index (χ1) is 14.9. The third-order valence-electron chi connectivity index (χ3n) is 4.67. The number of benzene rings is 2. The van der Waals surface area contributed by atoms with E-state index in [1.54, 1.807) is 30.3 Å². The number of amides is 4. The van der Waals surface area contributed by atoms with Crippen molar-refractivity contribution in [1.82, 2.24) is 10.2 Å². The molecule has 0 atom stereocenters. The van der Waals surface area contributed by atoms with E-state index < -0.39 is 24.4 Å². The molecule has 9 nitrogen and oxygen atoms in total. The Bertz CT molecular complexity index is 1090. The molecule has 0 aliphatic carbocycles. The number of carbonyl (C=O) groups is 3. The fourth-order valence-corrected chi connectivity index (χ4v) is 3.27. The van der Waals surface area contributed by atoms with Crippen LogP contribution in [0.15, 0.2) is 42.1 Å². The Hall–Kier alpha value is -4.01. The van der Waals surface area contributed by atoms with Gasteiger partial charge in [-0.1, -0.05) is 12.1 Å². The predicted octanol–water partition coefficient (Wildman–Crippen LogP) is 2.65. The minimum Gasteiger partial charge on any atom is -0.493 e. The van der Waals surface area contributed by atoms with Crippen molar-refractivity contribution >= 4 is 29.6 Å². The number of fused-ring (bicyclic) bond motifs is 1. The molecule has 2 aliphatic heterocycles. The minimum atomic E-state index is -0.672. The fraction of sp³-hybridized carbons (Fsp3) is 0.227. The van der Waals surface area contributed by atoms with E-state index in [1.807, 2.05) is 19.9 Å². The number of nitrogens with one attached hydrogen (secondary N) is 2. The standard InChI is InChI=1S/C22H21N3O6/c1-3-29-17-10-19-18(30-12-31-19)9-14(17)8-16-21(27)25(22(28)24-16)11-20(26)23-15-6-4-5-13(2)7-15/h4-10H,3,11-12H2,1-2H3,(H,23,26)(H,24,28). The van der Waals surface area contributed by atoms with Crippen molar-refractivity contribution in [1.29, 1.82) is 0 Å². The summed E-state index contributed by atoms with van der Waals surface area (Å²) in [6.07, 6.45) is 1.49. The monoisotopic (exact) mass is 423 g/mol. The summed E-state index contributed by atoms with van der Waals surface area (Å²) in [7, 11) is 0. The van der Waals surface area contributed by atoms with E-state index in [0.29, 0.717) is 35.1 Å². The molecule has 2 aliphatic rings. The van der Waals surface area contributed by atoms with Crippen molar-refractivity contribution in [2.45, 2.75) is 13.8 Å². The van der Waals surface area contributed by atoms with Gasteiger partial charge in [-0.15, -0.1) is 0 Å². The van der Waals surface area contributed by atoms with Gasteiger partial charge in [-0.25, -0.2) is 9.69 Å². The van der Waals surface area contributed by atoms with Crippen LogP contribution in [-0.2, 0) is 9.59 Å². The maximum absolute atomic E-state index is 12.8. The zero-order valence-electron chi connectivity index (χ0n) is 17.1. The van der Waals surface area contributed by atoms with Crippen molar-refractivity contribution in [3.8, 4) is 17.2 Å². The largest absolute Gasteiger partial charge is 0.493 e. The van der Waals surface area contributed by atoms with Crippen LogP contribution in [0.5, 0.6) is 17.2 Å². The molecule has 31 heavy (non-hydrogen) atoms. The second-order valence-electron chi connectivity index (χ2n) is 6.97. The van der Waals surface area contributed by atoms with Crippen LogP contribution in [0.3, 0.4) is 0 Å². The van der Waals surface area contributed by atoms with E-state index >= 15 is 0 Å². The highest BCUT2D eigenvalue weighted by Crippen LogP contribution is 2.39. The van der Waals surface area contributed by atoms with E-state index in [9.17, 15) is 14.4 Å². The number of imide groups is 1. The average molecular weight is 423 g/mol. The Kier molecular flexibility index (Phi) is 5.48. The number of anilines is 1. The lowest BCUT2D eigenvalue weighted by Gasteiger charge is -2.12. The van der Waals surface area contributed by atoms with E-state index in [1.165, 1.54) is 6.08 Å². The van der Waals surface area contributed by atoms with Gasteiger partial charge in [-0.05, 0) is 43.7 Å². The topological polar surface area (TPSA) is 106 Å². The molecule has 4 rings (SSSR count). The van der Waals surface area contributed by atoms with Crippen LogP contribution in [0.4, 0.5) is 10.5 Å². The number of hydrogen-bond acceptors (Lipinski definition) is 6. The smallest absolute Gasteiger partial charge is 0.329 e. The first-order valence-corrected chi connectivity index (χ1v) is 9.72. The molecule has 2 aromatic rings. The molecular formula is C22H21N3O6. The molecule has 0 radical (unpaired) electrons. The molecule has 1 saturated heterocycles. The molecule has 160 valence electrons. The summed E-state index contributed by atoms with van der Waals surface area (Å²) in [6.45, 7) is 3.83. The van der Waals surface area contributed by atoms with Crippen molar-refractivity contribution < 1.29 is 28.6 Å². The van der Waals surface area contributed by atoms with Crippen molar-refractivity contribution in [2.75, 3.05) is 25.3 Å². The van der Waals surface area contributed by atoms with E-state index in [-0.39, 0.29) is 12.5 Å². The Morgan fingerprint density at radius 2 is 2.00 bits per heavy atom. The van der Waals surface area contributed by atoms with Gasteiger partial charge in [0.15, 0.2) is 11.5 Å². The van der Waals surface area contributed by atoms with Gasteiger partial charge in [0.25, 0.3) is 5.91 Å². The highest BCUT2D eigenvalue weighted by Gasteiger charge is 2.35. The highest BCUT2D eigenvalue weighted by molar-refractivity contribution is 6.16.